The highest BCUT2D eigenvalue weighted by Crippen LogP contribution is 2.22. The molecule has 2 saturated heterocycles. The summed E-state index contributed by atoms with van der Waals surface area (Å²) in [5.41, 5.74) is 2.41. The average Bonchev–Trinajstić information content (AvgIpc) is 2.66. The lowest BCUT2D eigenvalue weighted by Crippen LogP contribution is -2.37. The fourth-order valence-corrected chi connectivity index (χ4v) is 3.56. The minimum Gasteiger partial charge on any atom is -0.378 e. The summed E-state index contributed by atoms with van der Waals surface area (Å²) < 4.78 is 5.43. The second kappa shape index (κ2) is 9.04. The Morgan fingerprint density at radius 2 is 1.96 bits per heavy atom. The van der Waals surface area contributed by atoms with Crippen molar-refractivity contribution in [1.82, 2.24) is 10.6 Å². The van der Waals surface area contributed by atoms with E-state index in [9.17, 15) is 4.79 Å². The number of carbonyl (C=O) groups excluding carboxylic acids is 1. The number of ether oxygens (including phenoxy) is 1. The summed E-state index contributed by atoms with van der Waals surface area (Å²) >= 11 is 0. The van der Waals surface area contributed by atoms with Gasteiger partial charge in [0, 0.05) is 31.7 Å². The maximum absolute atomic E-state index is 12.2. The lowest BCUT2D eigenvalue weighted by molar-refractivity contribution is -0.121. The maximum atomic E-state index is 12.2. The number of para-hydroxylation sites is 1. The van der Waals surface area contributed by atoms with E-state index < -0.39 is 0 Å². The van der Waals surface area contributed by atoms with Crippen LogP contribution in [0.15, 0.2) is 24.3 Å². The molecule has 2 aliphatic heterocycles. The number of carbonyl (C=O) groups is 1. The van der Waals surface area contributed by atoms with E-state index in [1.807, 2.05) is 6.07 Å². The Bertz CT molecular complexity index is 523. The van der Waals surface area contributed by atoms with Gasteiger partial charge in [0.2, 0.25) is 5.91 Å². The Kier molecular flexibility index (Phi) is 6.49. The zero-order valence-corrected chi connectivity index (χ0v) is 14.4. The topological polar surface area (TPSA) is 53.6 Å². The number of hydrogen-bond acceptors (Lipinski definition) is 4. The maximum Gasteiger partial charge on any atom is 0.220 e. The predicted molar refractivity (Wildman–Crippen MR) is 96.1 cm³/mol. The minimum atomic E-state index is 0.172. The molecule has 1 aromatic rings. The van der Waals surface area contributed by atoms with Crippen molar-refractivity contribution in [3.05, 3.63) is 29.8 Å². The van der Waals surface area contributed by atoms with Crippen LogP contribution in [-0.2, 0) is 16.1 Å². The average molecular weight is 331 g/mol. The van der Waals surface area contributed by atoms with Crippen LogP contribution in [0.2, 0.25) is 0 Å². The molecule has 0 aliphatic carbocycles. The van der Waals surface area contributed by atoms with Crippen molar-refractivity contribution >= 4 is 11.6 Å². The lowest BCUT2D eigenvalue weighted by Gasteiger charge is -2.30. The van der Waals surface area contributed by atoms with Crippen LogP contribution in [0.3, 0.4) is 0 Å². The molecule has 132 valence electrons. The largest absolute Gasteiger partial charge is 0.378 e. The van der Waals surface area contributed by atoms with Crippen LogP contribution in [0.4, 0.5) is 5.69 Å². The van der Waals surface area contributed by atoms with E-state index in [-0.39, 0.29) is 5.91 Å². The van der Waals surface area contributed by atoms with Crippen molar-refractivity contribution in [1.29, 1.82) is 0 Å². The van der Waals surface area contributed by atoms with Crippen LogP contribution in [0.1, 0.15) is 31.2 Å². The van der Waals surface area contributed by atoms with E-state index in [0.717, 1.165) is 45.8 Å². The fraction of sp³-hybridized carbons (Fsp3) is 0.632. The standard InChI is InChI=1S/C19H29N3O2/c23-19(6-5-16-7-9-20-10-8-16)21-15-17-3-1-2-4-18(17)22-11-13-24-14-12-22/h1-4,16,20H,5-15H2,(H,21,23). The summed E-state index contributed by atoms with van der Waals surface area (Å²) in [6.07, 6.45) is 4.06. The van der Waals surface area contributed by atoms with Crippen molar-refractivity contribution in [3.8, 4) is 0 Å². The second-order valence-electron chi connectivity index (χ2n) is 6.74. The first-order chi connectivity index (χ1) is 11.8. The Balaban J connectivity index is 1.47. The summed E-state index contributed by atoms with van der Waals surface area (Å²) in [5.74, 6) is 0.878. The molecular formula is C19H29N3O2. The normalized spacial score (nSPS) is 19.2. The van der Waals surface area contributed by atoms with Crippen LogP contribution in [0.25, 0.3) is 0 Å². The zero-order valence-electron chi connectivity index (χ0n) is 14.4. The molecule has 1 aromatic carbocycles. The molecule has 0 saturated carbocycles. The van der Waals surface area contributed by atoms with Crippen molar-refractivity contribution < 1.29 is 9.53 Å². The van der Waals surface area contributed by atoms with Crippen LogP contribution in [0.5, 0.6) is 0 Å². The number of nitrogens with one attached hydrogen (secondary N) is 2. The molecule has 0 spiro atoms. The number of amides is 1. The van der Waals surface area contributed by atoms with Gasteiger partial charge >= 0.3 is 0 Å². The van der Waals surface area contributed by atoms with Crippen molar-refractivity contribution in [2.45, 2.75) is 32.2 Å². The summed E-state index contributed by atoms with van der Waals surface area (Å²) in [7, 11) is 0. The molecule has 24 heavy (non-hydrogen) atoms. The van der Waals surface area contributed by atoms with Gasteiger partial charge < -0.3 is 20.3 Å². The first kappa shape index (κ1) is 17.2. The van der Waals surface area contributed by atoms with E-state index in [2.05, 4.69) is 33.7 Å². The van der Waals surface area contributed by atoms with Crippen LogP contribution >= 0.6 is 0 Å². The fourth-order valence-electron chi connectivity index (χ4n) is 3.56. The van der Waals surface area contributed by atoms with E-state index in [0.29, 0.717) is 18.9 Å². The van der Waals surface area contributed by atoms with E-state index >= 15 is 0 Å². The quantitative estimate of drug-likeness (QED) is 0.836. The molecule has 2 heterocycles. The molecule has 2 N–H and O–H groups in total. The number of morpholine rings is 1. The van der Waals surface area contributed by atoms with Crippen LogP contribution in [0, 0.1) is 5.92 Å². The van der Waals surface area contributed by atoms with Crippen molar-refractivity contribution in [3.63, 3.8) is 0 Å². The Morgan fingerprint density at radius 3 is 2.75 bits per heavy atom. The van der Waals surface area contributed by atoms with E-state index in [4.69, 9.17) is 4.74 Å². The van der Waals surface area contributed by atoms with Gasteiger partial charge in [0.05, 0.1) is 13.2 Å². The molecule has 3 rings (SSSR count). The van der Waals surface area contributed by atoms with Gasteiger partial charge in [0.15, 0.2) is 0 Å². The summed E-state index contributed by atoms with van der Waals surface area (Å²) in [6, 6.07) is 8.35. The molecule has 0 atom stereocenters. The van der Waals surface area contributed by atoms with Gasteiger partial charge in [-0.15, -0.1) is 0 Å². The number of piperidine rings is 1. The molecule has 2 aliphatic rings. The van der Waals surface area contributed by atoms with Crippen LogP contribution in [-0.4, -0.2) is 45.3 Å². The molecule has 5 heteroatoms. The van der Waals surface area contributed by atoms with E-state index in [1.165, 1.54) is 24.1 Å². The summed E-state index contributed by atoms with van der Waals surface area (Å²) in [4.78, 5) is 14.5. The van der Waals surface area contributed by atoms with Gasteiger partial charge in [-0.25, -0.2) is 0 Å². The minimum absolute atomic E-state index is 0.172. The third-order valence-corrected chi connectivity index (χ3v) is 5.06. The Hall–Kier alpha value is -1.59. The number of anilines is 1. The zero-order chi connectivity index (χ0) is 16.6. The van der Waals surface area contributed by atoms with Gasteiger partial charge in [0.25, 0.3) is 0 Å². The molecule has 0 bridgehead atoms. The Morgan fingerprint density at radius 1 is 1.21 bits per heavy atom. The highest BCUT2D eigenvalue weighted by Gasteiger charge is 2.16. The number of hydrogen-bond donors (Lipinski definition) is 2. The van der Waals surface area contributed by atoms with Gasteiger partial charge in [-0.1, -0.05) is 18.2 Å². The SMILES string of the molecule is O=C(CCC1CCNCC1)NCc1ccccc1N1CCOCC1. The van der Waals surface area contributed by atoms with Crippen molar-refractivity contribution in [2.75, 3.05) is 44.3 Å². The smallest absolute Gasteiger partial charge is 0.220 e. The van der Waals surface area contributed by atoms with E-state index in [1.54, 1.807) is 0 Å². The molecular weight excluding hydrogens is 302 g/mol. The molecule has 0 radical (unpaired) electrons. The number of rotatable bonds is 6. The number of benzene rings is 1. The lowest BCUT2D eigenvalue weighted by atomic mass is 9.93. The third-order valence-electron chi connectivity index (χ3n) is 5.06. The monoisotopic (exact) mass is 331 g/mol. The highest BCUT2D eigenvalue weighted by molar-refractivity contribution is 5.76. The molecule has 2 fully saturated rings. The predicted octanol–water partition coefficient (Wildman–Crippen LogP) is 1.92. The summed E-state index contributed by atoms with van der Waals surface area (Å²) in [6.45, 7) is 6.19. The second-order valence-corrected chi connectivity index (χ2v) is 6.74. The first-order valence-electron chi connectivity index (χ1n) is 9.21. The summed E-state index contributed by atoms with van der Waals surface area (Å²) in [5, 5.41) is 6.48. The molecule has 0 aromatic heterocycles. The van der Waals surface area contributed by atoms with Gasteiger partial charge in [0.1, 0.15) is 0 Å². The van der Waals surface area contributed by atoms with Gasteiger partial charge in [-0.05, 0) is 49.9 Å². The van der Waals surface area contributed by atoms with Crippen LogP contribution < -0.4 is 15.5 Å². The number of nitrogens with zero attached hydrogens (tertiary/aromatic N) is 1. The molecule has 0 unspecified atom stereocenters. The van der Waals surface area contributed by atoms with Crippen molar-refractivity contribution in [2.24, 2.45) is 5.92 Å². The van der Waals surface area contributed by atoms with Gasteiger partial charge in [-0.3, -0.25) is 4.79 Å². The molecule has 1 amide bonds. The van der Waals surface area contributed by atoms with Gasteiger partial charge in [-0.2, -0.15) is 0 Å². The molecule has 5 nitrogen and oxygen atoms in total. The Labute approximate surface area is 144 Å². The highest BCUT2D eigenvalue weighted by atomic mass is 16.5. The third kappa shape index (κ3) is 4.95. The first-order valence-corrected chi connectivity index (χ1v) is 9.21.